The van der Waals surface area contributed by atoms with Crippen LogP contribution in [0.2, 0.25) is 0 Å². The zero-order valence-electron chi connectivity index (χ0n) is 16.5. The molecule has 0 fully saturated rings. The number of carbonyl (C=O) groups is 2. The molecule has 3 aromatic carbocycles. The van der Waals surface area contributed by atoms with Crippen molar-refractivity contribution in [2.24, 2.45) is 0 Å². The first-order chi connectivity index (χ1) is 14.8. The summed E-state index contributed by atoms with van der Waals surface area (Å²) in [6.45, 7) is 1.75. The Hall–Kier alpha value is -3.61. The summed E-state index contributed by atoms with van der Waals surface area (Å²) < 4.78 is 45.0. The molecule has 0 N–H and O–H groups in total. The number of imide groups is 1. The molecule has 0 bridgehead atoms. The van der Waals surface area contributed by atoms with Gasteiger partial charge in [0.05, 0.1) is 16.7 Å². The van der Waals surface area contributed by atoms with Gasteiger partial charge < -0.3 is 4.74 Å². The van der Waals surface area contributed by atoms with Gasteiger partial charge >= 0.3 is 6.18 Å². The van der Waals surface area contributed by atoms with Gasteiger partial charge in [0, 0.05) is 12.0 Å². The van der Waals surface area contributed by atoms with E-state index in [4.69, 9.17) is 4.74 Å². The van der Waals surface area contributed by atoms with Gasteiger partial charge in [0.15, 0.2) is 0 Å². The highest BCUT2D eigenvalue weighted by Crippen LogP contribution is 2.41. The van der Waals surface area contributed by atoms with E-state index in [9.17, 15) is 22.8 Å². The van der Waals surface area contributed by atoms with Crippen molar-refractivity contribution < 1.29 is 27.5 Å². The minimum absolute atomic E-state index is 0.107. The fourth-order valence-electron chi connectivity index (χ4n) is 3.79. The van der Waals surface area contributed by atoms with Crippen molar-refractivity contribution in [3.8, 4) is 5.75 Å². The molecule has 3 aromatic rings. The average Bonchev–Trinajstić information content (AvgIpc) is 3.03. The molecule has 0 saturated carbocycles. The van der Waals surface area contributed by atoms with Gasteiger partial charge in [-0.1, -0.05) is 49.4 Å². The maximum atomic E-state index is 13.2. The van der Waals surface area contributed by atoms with Crippen LogP contribution in [0, 0.1) is 0 Å². The molecule has 4 nitrogen and oxygen atoms in total. The number of hydrogen-bond acceptors (Lipinski definition) is 3. The van der Waals surface area contributed by atoms with Crippen molar-refractivity contribution in [1.29, 1.82) is 0 Å². The lowest BCUT2D eigenvalue weighted by Gasteiger charge is -2.40. The van der Waals surface area contributed by atoms with Crippen LogP contribution in [0.5, 0.6) is 5.75 Å². The number of nitrogens with zero attached hydrogens (tertiary/aromatic N) is 1. The summed E-state index contributed by atoms with van der Waals surface area (Å²) >= 11 is 0. The van der Waals surface area contributed by atoms with Crippen LogP contribution in [-0.2, 0) is 11.9 Å². The van der Waals surface area contributed by atoms with Crippen LogP contribution in [0.15, 0.2) is 78.9 Å². The second-order valence-corrected chi connectivity index (χ2v) is 7.12. The molecule has 0 spiro atoms. The predicted molar refractivity (Wildman–Crippen MR) is 107 cm³/mol. The van der Waals surface area contributed by atoms with Crippen LogP contribution in [0.3, 0.4) is 0 Å². The van der Waals surface area contributed by atoms with E-state index in [0.29, 0.717) is 5.56 Å². The minimum Gasteiger partial charge on any atom is -0.463 e. The van der Waals surface area contributed by atoms with Gasteiger partial charge in [0.2, 0.25) is 5.72 Å². The summed E-state index contributed by atoms with van der Waals surface area (Å²) in [6, 6.07) is 19.4. The highest BCUT2D eigenvalue weighted by Gasteiger charge is 2.51. The summed E-state index contributed by atoms with van der Waals surface area (Å²) in [6.07, 6.45) is -4.30. The zero-order valence-corrected chi connectivity index (χ0v) is 16.5. The van der Waals surface area contributed by atoms with Crippen molar-refractivity contribution in [3.05, 3.63) is 101 Å². The Balaban J connectivity index is 1.82. The van der Waals surface area contributed by atoms with Crippen LogP contribution in [0.1, 0.15) is 45.2 Å². The third-order valence-corrected chi connectivity index (χ3v) is 5.33. The summed E-state index contributed by atoms with van der Waals surface area (Å²) in [7, 11) is 0. The quantitative estimate of drug-likeness (QED) is 0.497. The molecule has 7 heteroatoms. The SMILES string of the molecule is CCC(Oc1ccc(C(F)(F)F)cc1)(c1ccccc1)N1C(=O)c2ccccc2C1=O. The van der Waals surface area contributed by atoms with E-state index in [-0.39, 0.29) is 23.3 Å². The van der Waals surface area contributed by atoms with E-state index in [0.717, 1.165) is 17.0 Å². The Kier molecular flexibility index (Phi) is 5.05. The Bertz CT molecular complexity index is 1090. The normalized spacial score (nSPS) is 15.5. The van der Waals surface area contributed by atoms with E-state index < -0.39 is 29.3 Å². The number of ether oxygens (including phenoxy) is 1. The summed E-state index contributed by atoms with van der Waals surface area (Å²) in [5.41, 5.74) is -1.29. The highest BCUT2D eigenvalue weighted by atomic mass is 19.4. The molecule has 1 heterocycles. The largest absolute Gasteiger partial charge is 0.463 e. The topological polar surface area (TPSA) is 46.6 Å². The molecular weight excluding hydrogens is 407 g/mol. The number of rotatable bonds is 5. The van der Waals surface area contributed by atoms with Crippen LogP contribution in [0.4, 0.5) is 13.2 Å². The van der Waals surface area contributed by atoms with Crippen molar-refractivity contribution >= 4 is 11.8 Å². The monoisotopic (exact) mass is 425 g/mol. The third-order valence-electron chi connectivity index (χ3n) is 5.33. The fourth-order valence-corrected chi connectivity index (χ4v) is 3.79. The maximum Gasteiger partial charge on any atom is 0.416 e. The van der Waals surface area contributed by atoms with Gasteiger partial charge in [-0.3, -0.25) is 9.59 Å². The molecule has 0 aliphatic carbocycles. The van der Waals surface area contributed by atoms with E-state index in [1.807, 2.05) is 0 Å². The van der Waals surface area contributed by atoms with Gasteiger partial charge in [0.25, 0.3) is 11.8 Å². The number of alkyl halides is 3. The molecule has 0 aromatic heterocycles. The highest BCUT2D eigenvalue weighted by molar-refractivity contribution is 6.21. The molecule has 1 aliphatic rings. The Morgan fingerprint density at radius 1 is 0.742 bits per heavy atom. The second-order valence-electron chi connectivity index (χ2n) is 7.12. The summed E-state index contributed by atoms with van der Waals surface area (Å²) in [4.78, 5) is 27.5. The van der Waals surface area contributed by atoms with Crippen molar-refractivity contribution in [3.63, 3.8) is 0 Å². The summed E-state index contributed by atoms with van der Waals surface area (Å²) in [5, 5.41) is 0. The average molecular weight is 425 g/mol. The van der Waals surface area contributed by atoms with Crippen LogP contribution >= 0.6 is 0 Å². The van der Waals surface area contributed by atoms with Crippen molar-refractivity contribution in [2.45, 2.75) is 25.2 Å². The number of hydrogen-bond donors (Lipinski definition) is 0. The van der Waals surface area contributed by atoms with Gasteiger partial charge in [-0.2, -0.15) is 13.2 Å². The summed E-state index contributed by atoms with van der Waals surface area (Å²) in [5.74, 6) is -0.924. The van der Waals surface area contributed by atoms with E-state index in [1.54, 1.807) is 61.5 Å². The molecule has 31 heavy (non-hydrogen) atoms. The molecule has 2 amide bonds. The third kappa shape index (κ3) is 3.46. The Morgan fingerprint density at radius 2 is 1.26 bits per heavy atom. The molecule has 158 valence electrons. The lowest BCUT2D eigenvalue weighted by molar-refractivity contribution is -0.137. The standard InChI is InChI=1S/C24H18F3NO3/c1-2-23(16-8-4-3-5-9-16,31-18-14-12-17(13-15-18)24(25,26)27)28-21(29)19-10-6-7-11-20(19)22(28)30/h3-15H,2H2,1H3. The van der Waals surface area contributed by atoms with E-state index in [2.05, 4.69) is 0 Å². The first kappa shape index (κ1) is 20.7. The Labute approximate surface area is 176 Å². The fraction of sp³-hybridized carbons (Fsp3) is 0.167. The van der Waals surface area contributed by atoms with Crippen LogP contribution in [0.25, 0.3) is 0 Å². The van der Waals surface area contributed by atoms with Gasteiger partial charge in [0.1, 0.15) is 5.75 Å². The second kappa shape index (κ2) is 7.58. The predicted octanol–water partition coefficient (Wildman–Crippen LogP) is 5.64. The van der Waals surface area contributed by atoms with E-state index in [1.165, 1.54) is 12.1 Å². The van der Waals surface area contributed by atoms with E-state index >= 15 is 0 Å². The smallest absolute Gasteiger partial charge is 0.416 e. The first-order valence-corrected chi connectivity index (χ1v) is 9.67. The van der Waals surface area contributed by atoms with Gasteiger partial charge in [-0.15, -0.1) is 0 Å². The number of benzene rings is 3. The number of amides is 2. The molecule has 1 atom stereocenters. The molecular formula is C24H18F3NO3. The number of halogens is 3. The van der Waals surface area contributed by atoms with Crippen LogP contribution in [-0.4, -0.2) is 16.7 Å². The maximum absolute atomic E-state index is 13.2. The van der Waals surface area contributed by atoms with Crippen molar-refractivity contribution in [1.82, 2.24) is 4.90 Å². The van der Waals surface area contributed by atoms with Gasteiger partial charge in [-0.05, 0) is 36.4 Å². The van der Waals surface area contributed by atoms with Crippen LogP contribution < -0.4 is 4.74 Å². The lowest BCUT2D eigenvalue weighted by atomic mass is 9.97. The first-order valence-electron chi connectivity index (χ1n) is 9.67. The number of carbonyl (C=O) groups excluding carboxylic acids is 2. The number of fused-ring (bicyclic) bond motifs is 1. The zero-order chi connectivity index (χ0) is 22.2. The van der Waals surface area contributed by atoms with Gasteiger partial charge in [-0.25, -0.2) is 4.90 Å². The van der Waals surface area contributed by atoms with Crippen molar-refractivity contribution in [2.75, 3.05) is 0 Å². The molecule has 4 rings (SSSR count). The molecule has 1 unspecified atom stereocenters. The molecule has 0 saturated heterocycles. The Morgan fingerprint density at radius 3 is 1.74 bits per heavy atom. The minimum atomic E-state index is -4.48. The lowest BCUT2D eigenvalue weighted by Crippen LogP contribution is -2.53. The molecule has 0 radical (unpaired) electrons. The molecule has 1 aliphatic heterocycles.